The lowest BCUT2D eigenvalue weighted by molar-refractivity contribution is -0.132. The number of anilines is 1. The van der Waals surface area contributed by atoms with Gasteiger partial charge in [0.2, 0.25) is 5.91 Å². The quantitative estimate of drug-likeness (QED) is 0.910. The van der Waals surface area contributed by atoms with Crippen molar-refractivity contribution in [3.63, 3.8) is 0 Å². The van der Waals surface area contributed by atoms with E-state index >= 15 is 0 Å². The van der Waals surface area contributed by atoms with E-state index in [1.807, 2.05) is 29.6 Å². The van der Waals surface area contributed by atoms with Crippen LogP contribution in [-0.2, 0) is 11.3 Å². The minimum absolute atomic E-state index is 0.0296. The molecule has 2 aromatic heterocycles. The number of carbonyl (C=O) groups is 1. The maximum absolute atomic E-state index is 12.6. The first-order valence-electron chi connectivity index (χ1n) is 7.96. The van der Waals surface area contributed by atoms with Gasteiger partial charge in [0.1, 0.15) is 5.82 Å². The molecule has 0 saturated carbocycles. The molecule has 0 aliphatic carbocycles. The first-order chi connectivity index (χ1) is 11.2. The summed E-state index contributed by atoms with van der Waals surface area (Å²) in [5, 5.41) is 7.23. The number of likely N-dealkylation sites (tertiary alicyclic amines) is 1. The van der Waals surface area contributed by atoms with Crippen LogP contribution in [0, 0.1) is 6.92 Å². The molecule has 0 unspecified atom stereocenters. The van der Waals surface area contributed by atoms with Gasteiger partial charge in [-0.3, -0.25) is 14.5 Å². The second kappa shape index (κ2) is 6.76. The molecule has 23 heavy (non-hydrogen) atoms. The molecule has 1 amide bonds. The van der Waals surface area contributed by atoms with Gasteiger partial charge in [0.25, 0.3) is 0 Å². The van der Waals surface area contributed by atoms with Gasteiger partial charge in [-0.2, -0.15) is 5.10 Å². The number of carbonyl (C=O) groups excluding carboxylic acids is 1. The molecule has 0 radical (unpaired) electrons. The van der Waals surface area contributed by atoms with Gasteiger partial charge >= 0.3 is 0 Å². The van der Waals surface area contributed by atoms with Crippen LogP contribution < -0.4 is 5.32 Å². The number of hydrogen-bond acceptors (Lipinski definition) is 5. The molecule has 7 nitrogen and oxygen atoms in total. The first kappa shape index (κ1) is 15.5. The Hall–Kier alpha value is -2.44. The van der Waals surface area contributed by atoms with Crippen LogP contribution in [0.4, 0.5) is 5.82 Å². The number of hydrogen-bond donors (Lipinski definition) is 1. The molecule has 0 spiro atoms. The van der Waals surface area contributed by atoms with Crippen molar-refractivity contribution < 1.29 is 4.79 Å². The van der Waals surface area contributed by atoms with Crippen LogP contribution in [-0.4, -0.2) is 44.1 Å². The van der Waals surface area contributed by atoms with Crippen molar-refractivity contribution in [2.45, 2.75) is 38.8 Å². The molecule has 2 aromatic rings. The van der Waals surface area contributed by atoms with Gasteiger partial charge in [-0.05, 0) is 25.8 Å². The Kier molecular flexibility index (Phi) is 4.55. The summed E-state index contributed by atoms with van der Waals surface area (Å²) in [6.45, 7) is 3.39. The molecule has 0 aromatic carbocycles. The van der Waals surface area contributed by atoms with E-state index in [1.54, 1.807) is 18.6 Å². The second-order valence-corrected chi connectivity index (χ2v) is 5.77. The Morgan fingerprint density at radius 1 is 1.43 bits per heavy atom. The molecule has 3 rings (SSSR count). The van der Waals surface area contributed by atoms with Crippen molar-refractivity contribution in [1.29, 1.82) is 0 Å². The highest BCUT2D eigenvalue weighted by Gasteiger charge is 2.31. The Bertz CT molecular complexity index is 683. The summed E-state index contributed by atoms with van der Waals surface area (Å²) in [5.41, 5.74) is 1.93. The molecule has 1 N–H and O–H groups in total. The summed E-state index contributed by atoms with van der Waals surface area (Å²) in [7, 11) is 1.82. The molecule has 7 heteroatoms. The fourth-order valence-corrected chi connectivity index (χ4v) is 3.01. The van der Waals surface area contributed by atoms with Crippen molar-refractivity contribution >= 4 is 11.7 Å². The predicted octanol–water partition coefficient (Wildman–Crippen LogP) is 1.78. The largest absolute Gasteiger partial charge is 0.372 e. The summed E-state index contributed by atoms with van der Waals surface area (Å²) in [6.07, 6.45) is 7.60. The van der Waals surface area contributed by atoms with Crippen LogP contribution in [0.2, 0.25) is 0 Å². The fraction of sp³-hybridized carbons (Fsp3) is 0.500. The topological polar surface area (TPSA) is 75.9 Å². The highest BCUT2D eigenvalue weighted by molar-refractivity contribution is 5.77. The number of nitrogens with one attached hydrogen (secondary N) is 1. The van der Waals surface area contributed by atoms with E-state index < -0.39 is 0 Å². The van der Waals surface area contributed by atoms with E-state index in [4.69, 9.17) is 0 Å². The van der Waals surface area contributed by atoms with Gasteiger partial charge in [0.05, 0.1) is 24.1 Å². The van der Waals surface area contributed by atoms with Gasteiger partial charge in [-0.15, -0.1) is 0 Å². The van der Waals surface area contributed by atoms with Gasteiger partial charge < -0.3 is 10.2 Å². The third kappa shape index (κ3) is 3.33. The van der Waals surface area contributed by atoms with Crippen molar-refractivity contribution in [1.82, 2.24) is 24.6 Å². The molecule has 1 aliphatic rings. The zero-order valence-corrected chi connectivity index (χ0v) is 13.6. The summed E-state index contributed by atoms with van der Waals surface area (Å²) < 4.78 is 1.87. The Morgan fingerprint density at radius 2 is 2.30 bits per heavy atom. The van der Waals surface area contributed by atoms with Gasteiger partial charge in [0, 0.05) is 38.4 Å². The monoisotopic (exact) mass is 314 g/mol. The number of nitrogens with zero attached hydrogens (tertiary/aromatic N) is 5. The zero-order chi connectivity index (χ0) is 16.2. The Morgan fingerprint density at radius 3 is 3.04 bits per heavy atom. The molecule has 122 valence electrons. The lowest BCUT2D eigenvalue weighted by atomic mass is 10.1. The number of rotatable bonds is 5. The van der Waals surface area contributed by atoms with Crippen molar-refractivity contribution in [2.75, 3.05) is 18.9 Å². The predicted molar refractivity (Wildman–Crippen MR) is 86.8 cm³/mol. The van der Waals surface area contributed by atoms with Crippen molar-refractivity contribution in [3.05, 3.63) is 36.0 Å². The normalized spacial score (nSPS) is 17.5. The van der Waals surface area contributed by atoms with Crippen molar-refractivity contribution in [2.24, 2.45) is 0 Å². The average molecular weight is 314 g/mol. The van der Waals surface area contributed by atoms with Gasteiger partial charge in [-0.1, -0.05) is 0 Å². The molecule has 1 fully saturated rings. The van der Waals surface area contributed by atoms with Crippen LogP contribution >= 0.6 is 0 Å². The molecule has 0 bridgehead atoms. The van der Waals surface area contributed by atoms with Gasteiger partial charge in [-0.25, -0.2) is 4.98 Å². The van der Waals surface area contributed by atoms with E-state index in [0.717, 1.165) is 36.6 Å². The summed E-state index contributed by atoms with van der Waals surface area (Å²) in [4.78, 5) is 23.3. The van der Waals surface area contributed by atoms with E-state index in [-0.39, 0.29) is 11.9 Å². The van der Waals surface area contributed by atoms with E-state index in [0.29, 0.717) is 13.0 Å². The smallest absolute Gasteiger partial charge is 0.225 e. The molecule has 1 atom stereocenters. The Labute approximate surface area is 135 Å². The molecular formula is C16H22N6O. The van der Waals surface area contributed by atoms with Crippen LogP contribution in [0.1, 0.15) is 36.7 Å². The third-order valence-corrected chi connectivity index (χ3v) is 4.29. The van der Waals surface area contributed by atoms with Crippen LogP contribution in [0.3, 0.4) is 0 Å². The fourth-order valence-electron chi connectivity index (χ4n) is 3.01. The molecule has 3 heterocycles. The maximum Gasteiger partial charge on any atom is 0.225 e. The van der Waals surface area contributed by atoms with Crippen LogP contribution in [0.15, 0.2) is 24.7 Å². The number of amides is 1. The minimum Gasteiger partial charge on any atom is -0.372 e. The SMILES string of the molecule is CNc1cncc([C@H]2CCCN2C(=O)CCn2nccc2C)n1. The summed E-state index contributed by atoms with van der Waals surface area (Å²) in [6, 6.07) is 1.98. The van der Waals surface area contributed by atoms with Gasteiger partial charge in [0.15, 0.2) is 0 Å². The molecule has 1 aliphatic heterocycles. The van der Waals surface area contributed by atoms with E-state index in [9.17, 15) is 4.79 Å². The summed E-state index contributed by atoms with van der Waals surface area (Å²) in [5.74, 6) is 0.882. The lowest BCUT2D eigenvalue weighted by Crippen LogP contribution is -2.31. The lowest BCUT2D eigenvalue weighted by Gasteiger charge is -2.24. The standard InChI is InChI=1S/C16H22N6O/c1-12-5-7-19-22(12)9-6-16(23)21-8-3-4-14(21)13-10-18-11-15(17-2)20-13/h5,7,10-11,14H,3-4,6,8-9H2,1-2H3,(H,17,20)/t14-/m1/s1. The highest BCUT2D eigenvalue weighted by atomic mass is 16.2. The van der Waals surface area contributed by atoms with Crippen LogP contribution in [0.5, 0.6) is 0 Å². The maximum atomic E-state index is 12.6. The molecular weight excluding hydrogens is 292 g/mol. The van der Waals surface area contributed by atoms with E-state index in [2.05, 4.69) is 20.4 Å². The average Bonchev–Trinajstić information content (AvgIpc) is 3.21. The Balaban J connectivity index is 1.68. The van der Waals surface area contributed by atoms with E-state index in [1.165, 1.54) is 0 Å². The molecule has 1 saturated heterocycles. The third-order valence-electron chi connectivity index (χ3n) is 4.29. The number of aromatic nitrogens is 4. The minimum atomic E-state index is 0.0296. The van der Waals surface area contributed by atoms with Crippen LogP contribution in [0.25, 0.3) is 0 Å². The number of aryl methyl sites for hydroxylation is 2. The summed E-state index contributed by atoms with van der Waals surface area (Å²) >= 11 is 0. The zero-order valence-electron chi connectivity index (χ0n) is 13.6. The first-order valence-corrected chi connectivity index (χ1v) is 7.96. The highest BCUT2D eigenvalue weighted by Crippen LogP contribution is 2.31. The second-order valence-electron chi connectivity index (χ2n) is 5.77. The van der Waals surface area contributed by atoms with Crippen molar-refractivity contribution in [3.8, 4) is 0 Å².